The largest absolute Gasteiger partial charge is 0.495 e. The summed E-state index contributed by atoms with van der Waals surface area (Å²) in [7, 11) is 4.87. The van der Waals surface area contributed by atoms with E-state index in [-0.39, 0.29) is 18.2 Å². The third kappa shape index (κ3) is 4.32. The molecule has 0 aliphatic heterocycles. The molecule has 1 unspecified atom stereocenters. The predicted octanol–water partition coefficient (Wildman–Crippen LogP) is 3.40. The van der Waals surface area contributed by atoms with Crippen LogP contribution in [0, 0.1) is 5.82 Å². The summed E-state index contributed by atoms with van der Waals surface area (Å²) >= 11 is 0. The van der Waals surface area contributed by atoms with E-state index in [0.29, 0.717) is 23.6 Å². The number of anilines is 1. The molecular formula is C24H24FN2O4+. The lowest BCUT2D eigenvalue weighted by Crippen LogP contribution is -3.08. The Balaban J connectivity index is 1.48. The number of fused-ring (bicyclic) bond motifs is 3. The van der Waals surface area contributed by atoms with Gasteiger partial charge in [-0.05, 0) is 30.3 Å². The molecule has 0 saturated heterocycles. The minimum atomic E-state index is -0.416. The number of halogens is 1. The van der Waals surface area contributed by atoms with Crippen molar-refractivity contribution in [3.05, 3.63) is 66.0 Å². The molecule has 1 amide bonds. The molecule has 6 nitrogen and oxygen atoms in total. The summed E-state index contributed by atoms with van der Waals surface area (Å²) < 4.78 is 30.2. The molecule has 160 valence electrons. The molecule has 0 spiro atoms. The van der Waals surface area contributed by atoms with Gasteiger partial charge in [0.25, 0.3) is 5.91 Å². The van der Waals surface area contributed by atoms with E-state index in [2.05, 4.69) is 5.32 Å². The normalized spacial score (nSPS) is 12.1. The topological polar surface area (TPSA) is 65.1 Å². The minimum Gasteiger partial charge on any atom is -0.495 e. The van der Waals surface area contributed by atoms with E-state index in [1.165, 1.54) is 13.2 Å². The molecule has 1 aromatic heterocycles. The smallest absolute Gasteiger partial charge is 0.279 e. The number of hydrogen-bond donors (Lipinski definition) is 2. The summed E-state index contributed by atoms with van der Waals surface area (Å²) in [5, 5.41) is 4.82. The highest BCUT2D eigenvalue weighted by Crippen LogP contribution is 2.36. The van der Waals surface area contributed by atoms with E-state index in [1.807, 2.05) is 37.4 Å². The van der Waals surface area contributed by atoms with Gasteiger partial charge in [0, 0.05) is 22.4 Å². The van der Waals surface area contributed by atoms with Gasteiger partial charge in [-0.1, -0.05) is 18.2 Å². The lowest BCUT2D eigenvalue weighted by atomic mass is 10.1. The van der Waals surface area contributed by atoms with Crippen LogP contribution in [-0.2, 0) is 11.3 Å². The molecule has 7 heteroatoms. The minimum absolute atomic E-state index is 0.180. The fraction of sp³-hybridized carbons (Fsp3) is 0.208. The summed E-state index contributed by atoms with van der Waals surface area (Å²) in [6.07, 6.45) is 0. The van der Waals surface area contributed by atoms with Gasteiger partial charge in [-0.25, -0.2) is 4.39 Å². The quantitative estimate of drug-likeness (QED) is 0.478. The number of carbonyl (C=O) groups is 1. The van der Waals surface area contributed by atoms with Gasteiger partial charge in [0.15, 0.2) is 18.1 Å². The van der Waals surface area contributed by atoms with Crippen molar-refractivity contribution in [1.82, 2.24) is 0 Å². The molecule has 2 N–H and O–H groups in total. The van der Waals surface area contributed by atoms with Crippen molar-refractivity contribution in [2.45, 2.75) is 6.54 Å². The van der Waals surface area contributed by atoms with Gasteiger partial charge in [0.1, 0.15) is 23.5 Å². The van der Waals surface area contributed by atoms with Crippen LogP contribution in [0.5, 0.6) is 11.5 Å². The first-order valence-corrected chi connectivity index (χ1v) is 9.91. The number of methoxy groups -OCH3 is 2. The van der Waals surface area contributed by atoms with Crippen LogP contribution < -0.4 is 19.7 Å². The van der Waals surface area contributed by atoms with Gasteiger partial charge in [-0.2, -0.15) is 0 Å². The number of amides is 1. The summed E-state index contributed by atoms with van der Waals surface area (Å²) in [4.78, 5) is 13.6. The molecule has 31 heavy (non-hydrogen) atoms. The van der Waals surface area contributed by atoms with Crippen molar-refractivity contribution in [3.63, 3.8) is 0 Å². The molecule has 1 atom stereocenters. The Hall–Kier alpha value is -3.58. The summed E-state index contributed by atoms with van der Waals surface area (Å²) in [6, 6.07) is 16.2. The standard InChI is InChI=1S/C24H23FN2O4/c1-27(13-15-8-9-21(29-2)18(25)10-15)14-24(28)26-19-12-22-17(11-23(19)30-3)16-6-4-5-7-20(16)31-22/h4-12H,13-14H2,1-3H3,(H,26,28)/p+1. The van der Waals surface area contributed by atoms with Crippen molar-refractivity contribution in [2.24, 2.45) is 0 Å². The lowest BCUT2D eigenvalue weighted by Gasteiger charge is -2.15. The molecule has 0 aliphatic rings. The molecule has 0 bridgehead atoms. The second-order valence-electron chi connectivity index (χ2n) is 7.47. The van der Waals surface area contributed by atoms with Crippen LogP contribution in [0.15, 0.2) is 59.0 Å². The van der Waals surface area contributed by atoms with Crippen LogP contribution in [0.4, 0.5) is 10.1 Å². The molecule has 4 aromatic rings. The highest BCUT2D eigenvalue weighted by molar-refractivity contribution is 6.07. The van der Waals surface area contributed by atoms with Crippen molar-refractivity contribution in [3.8, 4) is 11.5 Å². The number of benzene rings is 3. The zero-order chi connectivity index (χ0) is 22.0. The Morgan fingerprint density at radius 2 is 1.77 bits per heavy atom. The number of para-hydroxylation sites is 1. The number of hydrogen-bond acceptors (Lipinski definition) is 4. The lowest BCUT2D eigenvalue weighted by molar-refractivity contribution is -0.885. The van der Waals surface area contributed by atoms with Crippen molar-refractivity contribution < 1.29 is 28.0 Å². The van der Waals surface area contributed by atoms with Crippen LogP contribution >= 0.6 is 0 Å². The fourth-order valence-corrected chi connectivity index (χ4v) is 3.72. The predicted molar refractivity (Wildman–Crippen MR) is 117 cm³/mol. The first-order valence-electron chi connectivity index (χ1n) is 9.91. The molecule has 3 aromatic carbocycles. The van der Waals surface area contributed by atoms with Gasteiger partial charge < -0.3 is 24.1 Å². The maximum atomic E-state index is 13.9. The van der Waals surface area contributed by atoms with Crippen molar-refractivity contribution in [1.29, 1.82) is 0 Å². The van der Waals surface area contributed by atoms with Crippen molar-refractivity contribution >= 4 is 33.5 Å². The fourth-order valence-electron chi connectivity index (χ4n) is 3.72. The van der Waals surface area contributed by atoms with E-state index in [0.717, 1.165) is 26.8 Å². The Labute approximate surface area is 179 Å². The number of rotatable bonds is 7. The average molecular weight is 423 g/mol. The average Bonchev–Trinajstić information content (AvgIpc) is 3.10. The summed E-state index contributed by atoms with van der Waals surface area (Å²) in [6.45, 7) is 0.697. The summed E-state index contributed by atoms with van der Waals surface area (Å²) in [5.74, 6) is 0.163. The van der Waals surface area contributed by atoms with Crippen LogP contribution in [0.3, 0.4) is 0 Å². The second kappa shape index (κ2) is 8.65. The van der Waals surface area contributed by atoms with E-state index in [9.17, 15) is 9.18 Å². The second-order valence-corrected chi connectivity index (χ2v) is 7.47. The zero-order valence-corrected chi connectivity index (χ0v) is 17.6. The number of quaternary nitrogens is 1. The number of nitrogens with one attached hydrogen (secondary N) is 2. The van der Waals surface area contributed by atoms with E-state index in [4.69, 9.17) is 13.9 Å². The molecule has 1 heterocycles. The first kappa shape index (κ1) is 20.7. The highest BCUT2D eigenvalue weighted by Gasteiger charge is 2.17. The molecule has 4 rings (SSSR count). The SMILES string of the molecule is COc1ccc(C[NH+](C)CC(=O)Nc2cc3oc4ccccc4c3cc2OC)cc1F. The van der Waals surface area contributed by atoms with Gasteiger partial charge >= 0.3 is 0 Å². The number of carbonyl (C=O) groups excluding carboxylic acids is 1. The molecule has 0 saturated carbocycles. The number of furan rings is 1. The van der Waals surface area contributed by atoms with Crippen LogP contribution in [0.1, 0.15) is 5.56 Å². The van der Waals surface area contributed by atoms with Gasteiger partial charge in [0.2, 0.25) is 0 Å². The molecular weight excluding hydrogens is 399 g/mol. The zero-order valence-electron chi connectivity index (χ0n) is 17.6. The Kier molecular flexibility index (Phi) is 5.77. The van der Waals surface area contributed by atoms with Gasteiger partial charge in [-0.3, -0.25) is 4.79 Å². The highest BCUT2D eigenvalue weighted by atomic mass is 19.1. The third-order valence-corrected chi connectivity index (χ3v) is 5.16. The molecule has 0 radical (unpaired) electrons. The van der Waals surface area contributed by atoms with Crippen LogP contribution in [-0.4, -0.2) is 33.7 Å². The number of likely N-dealkylation sites (N-methyl/N-ethyl adjacent to an activating group) is 1. The monoisotopic (exact) mass is 423 g/mol. The third-order valence-electron chi connectivity index (χ3n) is 5.16. The van der Waals surface area contributed by atoms with E-state index in [1.54, 1.807) is 25.3 Å². The van der Waals surface area contributed by atoms with Gasteiger partial charge in [0.05, 0.1) is 27.0 Å². The van der Waals surface area contributed by atoms with Gasteiger partial charge in [-0.15, -0.1) is 0 Å². The molecule has 0 fully saturated rings. The first-order chi connectivity index (χ1) is 15.0. The van der Waals surface area contributed by atoms with E-state index >= 15 is 0 Å². The summed E-state index contributed by atoms with van der Waals surface area (Å²) in [5.41, 5.74) is 2.78. The van der Waals surface area contributed by atoms with Crippen LogP contribution in [0.2, 0.25) is 0 Å². The molecule has 0 aliphatic carbocycles. The number of ether oxygens (including phenoxy) is 2. The van der Waals surface area contributed by atoms with Crippen LogP contribution in [0.25, 0.3) is 21.9 Å². The van der Waals surface area contributed by atoms with Crippen molar-refractivity contribution in [2.75, 3.05) is 33.1 Å². The Morgan fingerprint density at radius 3 is 2.52 bits per heavy atom. The maximum absolute atomic E-state index is 13.9. The van der Waals surface area contributed by atoms with E-state index < -0.39 is 5.82 Å². The Morgan fingerprint density at radius 1 is 1.00 bits per heavy atom. The maximum Gasteiger partial charge on any atom is 0.279 e. The Bertz CT molecular complexity index is 1250.